The summed E-state index contributed by atoms with van der Waals surface area (Å²) in [6, 6.07) is 0.462. The van der Waals surface area contributed by atoms with Gasteiger partial charge in [-0.2, -0.15) is 5.10 Å². The summed E-state index contributed by atoms with van der Waals surface area (Å²) in [6.45, 7) is 4.02. The third-order valence-corrected chi connectivity index (χ3v) is 3.62. The minimum atomic E-state index is 0.462. The zero-order valence-electron chi connectivity index (χ0n) is 10.9. The highest BCUT2D eigenvalue weighted by Crippen LogP contribution is 2.23. The molecule has 1 fully saturated rings. The molecule has 0 saturated carbocycles. The number of rotatable bonds is 3. The Morgan fingerprint density at radius 2 is 2.39 bits per heavy atom. The van der Waals surface area contributed by atoms with Gasteiger partial charge < -0.3 is 9.88 Å². The molecule has 0 amide bonds. The Labute approximate surface area is 107 Å². The second-order valence-electron chi connectivity index (χ2n) is 5.01. The highest BCUT2D eigenvalue weighted by Gasteiger charge is 2.20. The standard InChI is InChI=1S/C13H19N5/c1-10-11(7-17(2)16-10)8-18-9-14-6-13(18)12-4-3-5-15-12/h6-7,9,12,15H,3-5,8H2,1-2H3. The number of hydrogen-bond acceptors (Lipinski definition) is 3. The largest absolute Gasteiger partial charge is 0.329 e. The zero-order chi connectivity index (χ0) is 12.5. The highest BCUT2D eigenvalue weighted by molar-refractivity contribution is 5.18. The molecule has 5 nitrogen and oxygen atoms in total. The number of hydrogen-bond donors (Lipinski definition) is 1. The van der Waals surface area contributed by atoms with Crippen LogP contribution in [0.15, 0.2) is 18.7 Å². The number of imidazole rings is 1. The van der Waals surface area contributed by atoms with Gasteiger partial charge in [-0.3, -0.25) is 4.68 Å². The van der Waals surface area contributed by atoms with Gasteiger partial charge >= 0.3 is 0 Å². The van der Waals surface area contributed by atoms with E-state index in [9.17, 15) is 0 Å². The average Bonchev–Trinajstić information content (AvgIpc) is 3.01. The second kappa shape index (κ2) is 4.57. The maximum atomic E-state index is 4.39. The Hall–Kier alpha value is -1.62. The molecule has 2 aromatic rings. The van der Waals surface area contributed by atoms with E-state index in [-0.39, 0.29) is 0 Å². The molecule has 5 heteroatoms. The van der Waals surface area contributed by atoms with E-state index in [4.69, 9.17) is 0 Å². The van der Waals surface area contributed by atoms with Crippen LogP contribution in [0.4, 0.5) is 0 Å². The van der Waals surface area contributed by atoms with Crippen LogP contribution in [0.2, 0.25) is 0 Å². The lowest BCUT2D eigenvalue weighted by Crippen LogP contribution is -2.17. The molecular formula is C13H19N5. The SMILES string of the molecule is Cc1nn(C)cc1Cn1cncc1C1CCCN1. The van der Waals surface area contributed by atoms with Crippen molar-refractivity contribution in [1.29, 1.82) is 0 Å². The summed E-state index contributed by atoms with van der Waals surface area (Å²) in [5.74, 6) is 0. The van der Waals surface area contributed by atoms with Gasteiger partial charge in [-0.15, -0.1) is 0 Å². The first-order valence-electron chi connectivity index (χ1n) is 6.46. The van der Waals surface area contributed by atoms with E-state index in [1.165, 1.54) is 24.1 Å². The maximum Gasteiger partial charge on any atom is 0.0951 e. The van der Waals surface area contributed by atoms with Crippen LogP contribution >= 0.6 is 0 Å². The Bertz CT molecular complexity index is 533. The Morgan fingerprint density at radius 3 is 3.06 bits per heavy atom. The van der Waals surface area contributed by atoms with Crippen LogP contribution in [-0.4, -0.2) is 25.9 Å². The summed E-state index contributed by atoms with van der Waals surface area (Å²) < 4.78 is 4.10. The van der Waals surface area contributed by atoms with Gasteiger partial charge in [0.2, 0.25) is 0 Å². The van der Waals surface area contributed by atoms with Gasteiger partial charge in [0.1, 0.15) is 0 Å². The summed E-state index contributed by atoms with van der Waals surface area (Å²) in [5, 5.41) is 7.91. The molecule has 1 N–H and O–H groups in total. The van der Waals surface area contributed by atoms with Crippen molar-refractivity contribution in [2.45, 2.75) is 32.4 Å². The number of aryl methyl sites for hydroxylation is 2. The summed E-state index contributed by atoms with van der Waals surface area (Å²) >= 11 is 0. The van der Waals surface area contributed by atoms with Gasteiger partial charge in [-0.25, -0.2) is 4.98 Å². The van der Waals surface area contributed by atoms with Crippen LogP contribution < -0.4 is 5.32 Å². The minimum Gasteiger partial charge on any atom is -0.329 e. The van der Waals surface area contributed by atoms with E-state index in [1.807, 2.05) is 24.3 Å². The van der Waals surface area contributed by atoms with Crippen LogP contribution in [0.1, 0.15) is 35.8 Å². The quantitative estimate of drug-likeness (QED) is 0.889. The predicted octanol–water partition coefficient (Wildman–Crippen LogP) is 1.40. The van der Waals surface area contributed by atoms with Crippen molar-refractivity contribution in [3.05, 3.63) is 35.7 Å². The molecule has 2 aromatic heterocycles. The first-order valence-corrected chi connectivity index (χ1v) is 6.46. The van der Waals surface area contributed by atoms with Crippen molar-refractivity contribution in [3.63, 3.8) is 0 Å². The monoisotopic (exact) mass is 245 g/mol. The summed E-state index contributed by atoms with van der Waals surface area (Å²) in [4.78, 5) is 4.30. The molecule has 1 aliphatic rings. The summed E-state index contributed by atoms with van der Waals surface area (Å²) in [7, 11) is 1.96. The van der Waals surface area contributed by atoms with E-state index < -0.39 is 0 Å². The first kappa shape index (κ1) is 11.5. The van der Waals surface area contributed by atoms with Gasteiger partial charge in [-0.05, 0) is 26.3 Å². The number of nitrogens with zero attached hydrogens (tertiary/aromatic N) is 4. The maximum absolute atomic E-state index is 4.39. The molecule has 0 aromatic carbocycles. The van der Waals surface area contributed by atoms with Gasteiger partial charge in [-0.1, -0.05) is 0 Å². The van der Waals surface area contributed by atoms with Crippen molar-refractivity contribution in [2.24, 2.45) is 7.05 Å². The average molecular weight is 245 g/mol. The van der Waals surface area contributed by atoms with Gasteiger partial charge in [0, 0.05) is 31.0 Å². The summed E-state index contributed by atoms with van der Waals surface area (Å²) in [5.41, 5.74) is 3.64. The molecule has 1 atom stereocenters. The third kappa shape index (κ3) is 2.06. The molecule has 96 valence electrons. The molecule has 0 bridgehead atoms. The molecule has 1 saturated heterocycles. The van der Waals surface area contributed by atoms with Crippen LogP contribution in [0.5, 0.6) is 0 Å². The van der Waals surface area contributed by atoms with Crippen molar-refractivity contribution < 1.29 is 0 Å². The highest BCUT2D eigenvalue weighted by atomic mass is 15.3. The van der Waals surface area contributed by atoms with Gasteiger partial charge in [0.25, 0.3) is 0 Å². The molecule has 3 heterocycles. The predicted molar refractivity (Wildman–Crippen MR) is 69.3 cm³/mol. The fraction of sp³-hybridized carbons (Fsp3) is 0.538. The van der Waals surface area contributed by atoms with E-state index in [0.717, 1.165) is 18.8 Å². The molecule has 0 spiro atoms. The normalized spacial score (nSPS) is 19.6. The lowest BCUT2D eigenvalue weighted by molar-refractivity contribution is 0.584. The first-order chi connectivity index (χ1) is 8.74. The van der Waals surface area contributed by atoms with Crippen molar-refractivity contribution in [1.82, 2.24) is 24.6 Å². The zero-order valence-corrected chi connectivity index (χ0v) is 10.9. The fourth-order valence-electron chi connectivity index (χ4n) is 2.68. The molecule has 18 heavy (non-hydrogen) atoms. The van der Waals surface area contributed by atoms with Gasteiger partial charge in [0.15, 0.2) is 0 Å². The van der Waals surface area contributed by atoms with Crippen LogP contribution in [0.25, 0.3) is 0 Å². The Kier molecular flexibility index (Phi) is 2.91. The molecule has 0 radical (unpaired) electrons. The Morgan fingerprint density at radius 1 is 1.50 bits per heavy atom. The minimum absolute atomic E-state index is 0.462. The summed E-state index contributed by atoms with van der Waals surface area (Å²) in [6.07, 6.45) is 8.44. The number of aromatic nitrogens is 4. The lowest BCUT2D eigenvalue weighted by Gasteiger charge is -2.13. The van der Waals surface area contributed by atoms with Crippen LogP contribution in [0.3, 0.4) is 0 Å². The smallest absolute Gasteiger partial charge is 0.0951 e. The van der Waals surface area contributed by atoms with E-state index in [1.54, 1.807) is 0 Å². The second-order valence-corrected chi connectivity index (χ2v) is 5.01. The van der Waals surface area contributed by atoms with Crippen LogP contribution in [-0.2, 0) is 13.6 Å². The topological polar surface area (TPSA) is 47.7 Å². The lowest BCUT2D eigenvalue weighted by atomic mass is 10.1. The van der Waals surface area contributed by atoms with Crippen molar-refractivity contribution in [3.8, 4) is 0 Å². The van der Waals surface area contributed by atoms with E-state index in [2.05, 4.69) is 33.1 Å². The van der Waals surface area contributed by atoms with Crippen molar-refractivity contribution in [2.75, 3.05) is 6.54 Å². The van der Waals surface area contributed by atoms with E-state index >= 15 is 0 Å². The number of nitrogens with one attached hydrogen (secondary N) is 1. The van der Waals surface area contributed by atoms with Gasteiger partial charge in [0.05, 0.1) is 24.3 Å². The van der Waals surface area contributed by atoms with Crippen molar-refractivity contribution >= 4 is 0 Å². The molecule has 1 aliphatic heterocycles. The molecule has 1 unspecified atom stereocenters. The third-order valence-electron chi connectivity index (χ3n) is 3.62. The van der Waals surface area contributed by atoms with Crippen LogP contribution in [0, 0.1) is 6.92 Å². The fourth-order valence-corrected chi connectivity index (χ4v) is 2.68. The Balaban J connectivity index is 1.84. The van der Waals surface area contributed by atoms with E-state index in [0.29, 0.717) is 6.04 Å². The molecular weight excluding hydrogens is 226 g/mol. The molecule has 3 rings (SSSR count). The molecule has 0 aliphatic carbocycles.